The molecular formula is C63H69N9O11. The highest BCUT2D eigenvalue weighted by Gasteiger charge is 2.12. The summed E-state index contributed by atoms with van der Waals surface area (Å²) in [5.41, 5.74) is 17.6. The Labute approximate surface area is 481 Å². The number of amidine groups is 1. The summed E-state index contributed by atoms with van der Waals surface area (Å²) in [4.78, 5) is 79.1. The van der Waals surface area contributed by atoms with Crippen molar-refractivity contribution in [2.45, 2.75) is 69.0 Å². The lowest BCUT2D eigenvalue weighted by Gasteiger charge is -2.06. The van der Waals surface area contributed by atoms with E-state index in [4.69, 9.17) is 35.3 Å². The van der Waals surface area contributed by atoms with Crippen LogP contribution in [0.15, 0.2) is 173 Å². The average Bonchev–Trinajstić information content (AvgIpc) is 3.89. The Morgan fingerprint density at radius 2 is 1.06 bits per heavy atom. The van der Waals surface area contributed by atoms with Crippen molar-refractivity contribution in [3.63, 3.8) is 0 Å². The number of aryl methyl sites for hydroxylation is 4. The summed E-state index contributed by atoms with van der Waals surface area (Å²) in [6.45, 7) is 13.5. The first-order chi connectivity index (χ1) is 39.3. The third-order valence-electron chi connectivity index (χ3n) is 10.8. The maximum atomic E-state index is 12.2. The molecular weight excluding hydrogens is 1060 g/mol. The fourth-order valence-electron chi connectivity index (χ4n) is 6.84. The van der Waals surface area contributed by atoms with Gasteiger partial charge >= 0.3 is 17.7 Å². The van der Waals surface area contributed by atoms with Crippen LogP contribution in [0.25, 0.3) is 45.3 Å². The molecule has 0 radical (unpaired) electrons. The third-order valence-corrected chi connectivity index (χ3v) is 10.8. The van der Waals surface area contributed by atoms with Crippen LogP contribution in [-0.4, -0.2) is 90.4 Å². The van der Waals surface area contributed by atoms with Crippen LogP contribution in [0.3, 0.4) is 0 Å². The van der Waals surface area contributed by atoms with Gasteiger partial charge in [-0.2, -0.15) is 0 Å². The molecule has 0 fully saturated rings. The number of benzene rings is 5. The Kier molecular flexibility index (Phi) is 27.9. The Balaban J connectivity index is 0.000000278. The Bertz CT molecular complexity index is 3630. The summed E-state index contributed by atoms with van der Waals surface area (Å²) in [7, 11) is 2.68. The molecule has 0 unspecified atom stereocenters. The zero-order chi connectivity index (χ0) is 60.1. The molecule has 0 saturated heterocycles. The van der Waals surface area contributed by atoms with Gasteiger partial charge in [0.15, 0.2) is 23.1 Å². The molecule has 0 aliphatic heterocycles. The van der Waals surface area contributed by atoms with E-state index in [1.54, 1.807) is 91.1 Å². The smallest absolute Gasteiger partial charge is 0.420 e. The molecule has 0 aliphatic carbocycles. The van der Waals surface area contributed by atoms with E-state index in [-0.39, 0.29) is 31.6 Å². The van der Waals surface area contributed by atoms with Crippen LogP contribution >= 0.6 is 0 Å². The van der Waals surface area contributed by atoms with E-state index in [0.717, 1.165) is 68.8 Å². The highest BCUT2D eigenvalue weighted by molar-refractivity contribution is 5.97. The Morgan fingerprint density at radius 1 is 0.639 bits per heavy atom. The van der Waals surface area contributed by atoms with Gasteiger partial charge in [0.2, 0.25) is 0 Å². The molecule has 0 saturated carbocycles. The van der Waals surface area contributed by atoms with Crippen molar-refractivity contribution >= 4 is 41.1 Å². The minimum Gasteiger partial charge on any atom is -0.550 e. The molecule has 4 aromatic heterocycles. The van der Waals surface area contributed by atoms with E-state index < -0.39 is 11.9 Å². The number of ether oxygens (including phenoxy) is 3. The summed E-state index contributed by atoms with van der Waals surface area (Å²) in [6, 6.07) is 34.9. The average molecular weight is 1130 g/mol. The van der Waals surface area contributed by atoms with Crippen LogP contribution < -0.4 is 22.0 Å². The molecule has 5 N–H and O–H groups in total. The predicted molar refractivity (Wildman–Crippen MR) is 315 cm³/mol. The third kappa shape index (κ3) is 22.4. The number of nitrogens with zero attached hydrogens (tertiary/aromatic N) is 7. The van der Waals surface area contributed by atoms with Crippen molar-refractivity contribution in [1.29, 1.82) is 0 Å². The number of rotatable bonds is 12. The Hall–Kier alpha value is -10.3. The number of carboxylic acids is 1. The van der Waals surface area contributed by atoms with Crippen molar-refractivity contribution in [3.8, 4) is 34.2 Å². The summed E-state index contributed by atoms with van der Waals surface area (Å²) >= 11 is 0. The number of aliphatic hydroxyl groups is 1. The number of carbonyl (C=O) groups is 4. The van der Waals surface area contributed by atoms with Crippen LogP contribution in [-0.2, 0) is 37.0 Å². The second kappa shape index (κ2) is 34.6. The van der Waals surface area contributed by atoms with Crippen LogP contribution in [0.5, 0.6) is 0 Å². The summed E-state index contributed by atoms with van der Waals surface area (Å²) in [5.74, 6) is -0.0460. The summed E-state index contributed by atoms with van der Waals surface area (Å²) in [5, 5.41) is 23.3. The van der Waals surface area contributed by atoms with Gasteiger partial charge in [-0.3, -0.25) is 20.5 Å². The normalized spacial score (nSPS) is 10.1. The highest BCUT2D eigenvalue weighted by Crippen LogP contribution is 2.21. The van der Waals surface area contributed by atoms with Crippen molar-refractivity contribution < 1.29 is 53.4 Å². The topological polar surface area (TPSA) is 303 Å². The number of fused-ring (bicyclic) bond motifs is 1. The largest absolute Gasteiger partial charge is 0.550 e. The maximum absolute atomic E-state index is 12.2. The van der Waals surface area contributed by atoms with Crippen LogP contribution in [0, 0.1) is 27.7 Å². The van der Waals surface area contributed by atoms with Gasteiger partial charge in [0, 0.05) is 65.4 Å². The minimum absolute atomic E-state index is 0. The van der Waals surface area contributed by atoms with Gasteiger partial charge in [0.05, 0.1) is 62.4 Å². The summed E-state index contributed by atoms with van der Waals surface area (Å²) in [6.07, 6.45) is 12.9. The van der Waals surface area contributed by atoms with Gasteiger partial charge in [-0.05, 0) is 136 Å². The number of oxazole rings is 1. The molecule has 9 aromatic rings. The second-order valence-corrected chi connectivity index (χ2v) is 17.8. The first kappa shape index (κ1) is 66.9. The lowest BCUT2D eigenvalue weighted by Crippen LogP contribution is -2.46. The van der Waals surface area contributed by atoms with E-state index in [2.05, 4.69) is 39.4 Å². The molecule has 5 aromatic carbocycles. The number of aldehydes is 1. The number of carbonyl (C=O) groups excluding carboxylic acids is 4. The predicted octanol–water partition coefficient (Wildman–Crippen LogP) is 7.36. The molecule has 432 valence electrons. The number of carboxylic acid groups (broad SMARTS) is 1. The van der Waals surface area contributed by atoms with Crippen LogP contribution in [0.2, 0.25) is 0 Å². The van der Waals surface area contributed by atoms with Gasteiger partial charge in [0.25, 0.3) is 5.84 Å². The van der Waals surface area contributed by atoms with Gasteiger partial charge in [-0.15, -0.1) is 0 Å². The quantitative estimate of drug-likeness (QED) is 0.0269. The summed E-state index contributed by atoms with van der Waals surface area (Å²) < 4.78 is 21.0. The molecule has 83 heavy (non-hydrogen) atoms. The Morgan fingerprint density at radius 3 is 1.51 bits per heavy atom. The van der Waals surface area contributed by atoms with Crippen LogP contribution in [0.1, 0.15) is 87.9 Å². The monoisotopic (exact) mass is 1130 g/mol. The van der Waals surface area contributed by atoms with Gasteiger partial charge in [-0.25, -0.2) is 44.3 Å². The zero-order valence-electron chi connectivity index (χ0n) is 47.0. The van der Waals surface area contributed by atoms with Crippen molar-refractivity contribution in [2.24, 2.45) is 5.73 Å². The van der Waals surface area contributed by atoms with E-state index in [1.807, 2.05) is 107 Å². The van der Waals surface area contributed by atoms with Gasteiger partial charge in [0.1, 0.15) is 6.29 Å². The molecule has 9 rings (SSSR count). The molecule has 0 bridgehead atoms. The molecule has 0 aliphatic rings. The SMILES string of the molecule is C.CC(=O)[O-].CCO/C=C(\C)C=O.COC(=O)c1cccc(-c2ncc(C)cn2)c1.COC(=O)c1cccc(C(N)=[NH2+])c1.Cc1cnc(-c2cccc(CO)c2)nc1.Cc1cnc(-c2cccc(Cn3c(=O)oc4ccc(C)cc43)c2)nc1. The van der Waals surface area contributed by atoms with Gasteiger partial charge in [-0.1, -0.05) is 68.1 Å². The van der Waals surface area contributed by atoms with Gasteiger partial charge < -0.3 is 33.6 Å². The van der Waals surface area contributed by atoms with Crippen molar-refractivity contribution in [1.82, 2.24) is 34.5 Å². The highest BCUT2D eigenvalue weighted by atomic mass is 16.5. The van der Waals surface area contributed by atoms with Crippen LogP contribution in [0.4, 0.5) is 0 Å². The van der Waals surface area contributed by atoms with E-state index in [0.29, 0.717) is 58.5 Å². The lowest BCUT2D eigenvalue weighted by molar-refractivity contribution is -0.302. The second-order valence-electron chi connectivity index (χ2n) is 17.8. The molecule has 0 atom stereocenters. The number of aliphatic hydroxyl groups excluding tert-OH is 1. The van der Waals surface area contributed by atoms with E-state index in [1.165, 1.54) is 20.5 Å². The number of esters is 2. The number of hydrogen-bond donors (Lipinski definition) is 3. The van der Waals surface area contributed by atoms with Crippen molar-refractivity contribution in [3.05, 3.63) is 225 Å². The minimum atomic E-state index is -1.08. The molecule has 4 heterocycles. The van der Waals surface area contributed by atoms with E-state index >= 15 is 0 Å². The fourth-order valence-corrected chi connectivity index (χ4v) is 6.84. The standard InChI is InChI=1S/C20H17N3O2.C13H12N2O2.C12H12N2O.C9H10N2O2.C6H10O2.C2H4O2.CH4/c1-13-6-7-18-17(8-13)23(20(24)25-18)12-15-4-3-5-16(9-15)19-21-10-14(2)11-22-19;1-9-7-14-12(15-8-9)10-4-3-5-11(6-10)13(16)17-2;1-9-6-13-12(14-7-9)11-4-2-3-10(5-11)8-15;1-13-9(12)7-4-2-3-6(5-7)8(10)11;1-3-8-5-6(2)4-7;1-2(3)4;/h3-11H,12H2,1-2H3;3-8H,1-2H3;2-7,15H,8H2,1H3;2-5H,1H3,(H3,10,11);4-5H,3H2,1-2H3;1H3,(H,3,4);1H4/b;;;;6-5+;;. The number of methoxy groups -OCH3 is 2. The number of allylic oxidation sites excluding steroid dienone is 1. The lowest BCUT2D eigenvalue weighted by atomic mass is 10.1. The number of hydrogen-bond acceptors (Lipinski definition) is 17. The first-order valence-corrected chi connectivity index (χ1v) is 25.2. The molecule has 20 nitrogen and oxygen atoms in total. The molecule has 0 amide bonds. The molecule has 20 heteroatoms. The van der Waals surface area contributed by atoms with Crippen molar-refractivity contribution in [2.75, 3.05) is 20.8 Å². The first-order valence-electron chi connectivity index (χ1n) is 25.2. The number of nitrogens with two attached hydrogens (primary N) is 2. The number of aliphatic carboxylic acids is 1. The fraction of sp³-hybridized carbons (Fsp3) is 0.206. The van der Waals surface area contributed by atoms with E-state index in [9.17, 15) is 19.2 Å². The zero-order valence-corrected chi connectivity index (χ0v) is 47.0. The number of aromatic nitrogens is 7. The molecule has 0 spiro atoms. The maximum Gasteiger partial charge on any atom is 0.420 e.